The maximum atomic E-state index is 11.9. The fraction of sp³-hybridized carbons (Fsp3) is 0.909. The number of hydrogen-bond acceptors (Lipinski definition) is 2. The quantitative estimate of drug-likeness (QED) is 0.691. The number of carbonyl (C=O) groups is 1. The van der Waals surface area contributed by atoms with Crippen LogP contribution in [0.15, 0.2) is 0 Å². The van der Waals surface area contributed by atoms with Crippen molar-refractivity contribution < 1.29 is 4.79 Å². The summed E-state index contributed by atoms with van der Waals surface area (Å²) in [5, 5.41) is 6.27. The van der Waals surface area contributed by atoms with Gasteiger partial charge in [-0.3, -0.25) is 0 Å². The maximum absolute atomic E-state index is 11.9. The Labute approximate surface area is 92.4 Å². The van der Waals surface area contributed by atoms with Gasteiger partial charge in [0.2, 0.25) is 0 Å². The Kier molecular flexibility index (Phi) is 4.39. The zero-order valence-electron chi connectivity index (χ0n) is 10.1. The normalized spacial score (nSPS) is 20.1. The van der Waals surface area contributed by atoms with Crippen LogP contribution in [0.25, 0.3) is 0 Å². The molecule has 0 aliphatic carbocycles. The van der Waals surface area contributed by atoms with E-state index in [2.05, 4.69) is 31.4 Å². The first kappa shape index (κ1) is 12.3. The molecule has 2 amide bonds. The van der Waals surface area contributed by atoms with Gasteiger partial charge >= 0.3 is 6.03 Å². The maximum Gasteiger partial charge on any atom is 0.317 e. The van der Waals surface area contributed by atoms with E-state index in [0.29, 0.717) is 0 Å². The molecule has 0 aromatic heterocycles. The summed E-state index contributed by atoms with van der Waals surface area (Å²) in [6, 6.07) is 0.0787. The third-order valence-electron chi connectivity index (χ3n) is 2.85. The molecule has 1 aliphatic heterocycles. The van der Waals surface area contributed by atoms with Crippen molar-refractivity contribution in [1.82, 2.24) is 15.5 Å². The molecule has 0 unspecified atom stereocenters. The second kappa shape index (κ2) is 5.35. The van der Waals surface area contributed by atoms with Crippen molar-refractivity contribution in [1.29, 1.82) is 0 Å². The van der Waals surface area contributed by atoms with Gasteiger partial charge < -0.3 is 15.5 Å². The summed E-state index contributed by atoms with van der Waals surface area (Å²) in [6.07, 6.45) is 2.17. The predicted molar refractivity (Wildman–Crippen MR) is 62.0 cm³/mol. The molecule has 1 saturated heterocycles. The molecule has 4 heteroatoms. The van der Waals surface area contributed by atoms with Crippen molar-refractivity contribution in [3.8, 4) is 0 Å². The Hall–Kier alpha value is -0.770. The molecule has 1 rings (SSSR count). The average Bonchev–Trinajstić information content (AvgIpc) is 2.17. The zero-order valence-corrected chi connectivity index (χ0v) is 10.1. The smallest absolute Gasteiger partial charge is 0.317 e. The zero-order chi connectivity index (χ0) is 11.3. The Balaban J connectivity index is 2.42. The van der Waals surface area contributed by atoms with Gasteiger partial charge in [0, 0.05) is 26.2 Å². The van der Waals surface area contributed by atoms with Crippen LogP contribution in [0.3, 0.4) is 0 Å². The molecule has 0 spiro atoms. The first-order chi connectivity index (χ1) is 7.08. The highest BCUT2D eigenvalue weighted by Crippen LogP contribution is 2.15. The molecule has 1 aliphatic rings. The van der Waals surface area contributed by atoms with Gasteiger partial charge in [-0.05, 0) is 20.3 Å². The lowest BCUT2D eigenvalue weighted by atomic mass is 10.0. The molecule has 0 bridgehead atoms. The molecule has 2 N–H and O–H groups in total. The van der Waals surface area contributed by atoms with E-state index in [1.807, 2.05) is 4.90 Å². The first-order valence-electron chi connectivity index (χ1n) is 5.84. The molecule has 1 fully saturated rings. The molecule has 1 heterocycles. The summed E-state index contributed by atoms with van der Waals surface area (Å²) < 4.78 is 0. The number of nitrogens with zero attached hydrogens (tertiary/aromatic N) is 1. The summed E-state index contributed by atoms with van der Waals surface area (Å²) in [5.41, 5.74) is -0.0749. The van der Waals surface area contributed by atoms with Crippen LogP contribution in [0, 0.1) is 0 Å². The van der Waals surface area contributed by atoms with Crippen LogP contribution in [0.5, 0.6) is 0 Å². The fourth-order valence-electron chi connectivity index (χ4n) is 1.83. The molecule has 0 radical (unpaired) electrons. The number of amides is 2. The molecule has 15 heavy (non-hydrogen) atoms. The van der Waals surface area contributed by atoms with Gasteiger partial charge in [-0.25, -0.2) is 4.79 Å². The number of unbranched alkanes of at least 4 members (excludes halogenated alkanes) is 1. The van der Waals surface area contributed by atoms with Crippen LogP contribution in [0.2, 0.25) is 0 Å². The largest absolute Gasteiger partial charge is 0.338 e. The topological polar surface area (TPSA) is 44.4 Å². The van der Waals surface area contributed by atoms with Gasteiger partial charge in [0.15, 0.2) is 0 Å². The fourth-order valence-corrected chi connectivity index (χ4v) is 1.83. The van der Waals surface area contributed by atoms with E-state index >= 15 is 0 Å². The summed E-state index contributed by atoms with van der Waals surface area (Å²) in [7, 11) is 0. The number of urea groups is 1. The van der Waals surface area contributed by atoms with Crippen molar-refractivity contribution in [3.63, 3.8) is 0 Å². The first-order valence-corrected chi connectivity index (χ1v) is 5.84. The van der Waals surface area contributed by atoms with Crippen molar-refractivity contribution in [2.24, 2.45) is 0 Å². The Bertz CT molecular complexity index is 216. The monoisotopic (exact) mass is 213 g/mol. The van der Waals surface area contributed by atoms with Crippen LogP contribution in [0.4, 0.5) is 4.79 Å². The lowest BCUT2D eigenvalue weighted by Gasteiger charge is -2.42. The highest BCUT2D eigenvalue weighted by atomic mass is 16.2. The molecule has 4 nitrogen and oxygen atoms in total. The van der Waals surface area contributed by atoms with E-state index in [-0.39, 0.29) is 11.6 Å². The molecule has 88 valence electrons. The van der Waals surface area contributed by atoms with Crippen LogP contribution in [-0.4, -0.2) is 42.6 Å². The van der Waals surface area contributed by atoms with Gasteiger partial charge in [-0.15, -0.1) is 0 Å². The average molecular weight is 213 g/mol. The SMILES string of the molecule is CCCCNC(=O)N1CCNCC1(C)C. The number of piperazine rings is 1. The standard InChI is InChI=1S/C11H23N3O/c1-4-5-6-13-10(15)14-8-7-12-9-11(14,2)3/h12H,4-9H2,1-3H3,(H,13,15). The third kappa shape index (κ3) is 3.38. The Morgan fingerprint density at radius 1 is 1.53 bits per heavy atom. The summed E-state index contributed by atoms with van der Waals surface area (Å²) >= 11 is 0. The number of carbonyl (C=O) groups excluding carboxylic acids is 1. The number of hydrogen-bond donors (Lipinski definition) is 2. The van der Waals surface area contributed by atoms with Crippen molar-refractivity contribution in [2.75, 3.05) is 26.2 Å². The molecule has 0 saturated carbocycles. The van der Waals surface area contributed by atoms with E-state index in [9.17, 15) is 4.79 Å². The molecule has 0 aromatic rings. The van der Waals surface area contributed by atoms with Gasteiger partial charge in [0.05, 0.1) is 5.54 Å². The van der Waals surface area contributed by atoms with Crippen molar-refractivity contribution >= 4 is 6.03 Å². The highest BCUT2D eigenvalue weighted by molar-refractivity contribution is 5.75. The van der Waals surface area contributed by atoms with E-state index in [1.165, 1.54) is 0 Å². The van der Waals surface area contributed by atoms with E-state index in [4.69, 9.17) is 0 Å². The molecule has 0 aromatic carbocycles. The van der Waals surface area contributed by atoms with Crippen LogP contribution in [0.1, 0.15) is 33.6 Å². The van der Waals surface area contributed by atoms with Crippen LogP contribution in [-0.2, 0) is 0 Å². The van der Waals surface area contributed by atoms with Gasteiger partial charge in [-0.2, -0.15) is 0 Å². The molecular weight excluding hydrogens is 190 g/mol. The van der Waals surface area contributed by atoms with Crippen LogP contribution < -0.4 is 10.6 Å². The second-order valence-corrected chi connectivity index (χ2v) is 4.73. The highest BCUT2D eigenvalue weighted by Gasteiger charge is 2.32. The third-order valence-corrected chi connectivity index (χ3v) is 2.85. The summed E-state index contributed by atoms with van der Waals surface area (Å²) in [5.74, 6) is 0. The summed E-state index contributed by atoms with van der Waals surface area (Å²) in [6.45, 7) is 9.66. The minimum Gasteiger partial charge on any atom is -0.338 e. The van der Waals surface area contributed by atoms with Gasteiger partial charge in [0.1, 0.15) is 0 Å². The minimum absolute atomic E-state index is 0.0749. The Morgan fingerprint density at radius 2 is 2.27 bits per heavy atom. The predicted octanol–water partition coefficient (Wildman–Crippen LogP) is 1.18. The van der Waals surface area contributed by atoms with Gasteiger partial charge in [-0.1, -0.05) is 13.3 Å². The van der Waals surface area contributed by atoms with E-state index in [1.54, 1.807) is 0 Å². The summed E-state index contributed by atoms with van der Waals surface area (Å²) in [4.78, 5) is 13.8. The van der Waals surface area contributed by atoms with Gasteiger partial charge in [0.25, 0.3) is 0 Å². The number of nitrogens with one attached hydrogen (secondary N) is 2. The Morgan fingerprint density at radius 3 is 2.87 bits per heavy atom. The van der Waals surface area contributed by atoms with Crippen LogP contribution >= 0.6 is 0 Å². The molecule has 0 atom stereocenters. The minimum atomic E-state index is -0.0749. The lowest BCUT2D eigenvalue weighted by molar-refractivity contribution is 0.113. The second-order valence-electron chi connectivity index (χ2n) is 4.73. The lowest BCUT2D eigenvalue weighted by Crippen LogP contribution is -2.62. The van der Waals surface area contributed by atoms with Crippen molar-refractivity contribution in [2.45, 2.75) is 39.2 Å². The van der Waals surface area contributed by atoms with E-state index in [0.717, 1.165) is 39.0 Å². The number of rotatable bonds is 3. The molecular formula is C11H23N3O. The van der Waals surface area contributed by atoms with E-state index < -0.39 is 0 Å². The van der Waals surface area contributed by atoms with Crippen molar-refractivity contribution in [3.05, 3.63) is 0 Å².